The molecular formula is C9H9F3N2O. The number of rotatable bonds is 2. The summed E-state index contributed by atoms with van der Waals surface area (Å²) in [4.78, 5) is 0. The van der Waals surface area contributed by atoms with E-state index in [1.807, 2.05) is 6.08 Å². The normalized spacial score (nSPS) is 18.3. The first kappa shape index (κ1) is 10.2. The van der Waals surface area contributed by atoms with Crippen LogP contribution in [0.4, 0.5) is 13.2 Å². The maximum atomic E-state index is 12.1. The van der Waals surface area contributed by atoms with Gasteiger partial charge in [0.05, 0.1) is 0 Å². The van der Waals surface area contributed by atoms with Crippen LogP contribution in [0.25, 0.3) is 6.08 Å². The Labute approximate surface area is 83.9 Å². The highest BCUT2D eigenvalue weighted by Gasteiger charge is 2.35. The molecule has 1 N–H and O–H groups in total. The average Bonchev–Trinajstić information content (AvgIpc) is 2.48. The average molecular weight is 218 g/mol. The second-order valence-electron chi connectivity index (χ2n) is 3.39. The number of nitrogens with one attached hydrogen (secondary N) is 1. The standard InChI is InChI=1S/C9H9F3N2O/c10-9(11,12)8-3-7(14-15-8)2-1-6-4-13-5-6/h1-3,6,13H,4-5H2. The molecular weight excluding hydrogens is 209 g/mol. The summed E-state index contributed by atoms with van der Waals surface area (Å²) in [7, 11) is 0. The van der Waals surface area contributed by atoms with Gasteiger partial charge in [-0.05, 0) is 6.08 Å². The lowest BCUT2D eigenvalue weighted by atomic mass is 10.0. The van der Waals surface area contributed by atoms with Gasteiger partial charge in [0.15, 0.2) is 0 Å². The molecule has 0 spiro atoms. The Morgan fingerprint density at radius 1 is 1.47 bits per heavy atom. The third kappa shape index (κ3) is 2.38. The van der Waals surface area contributed by atoms with Gasteiger partial charge < -0.3 is 9.84 Å². The van der Waals surface area contributed by atoms with E-state index in [4.69, 9.17) is 0 Å². The van der Waals surface area contributed by atoms with Crippen molar-refractivity contribution in [3.8, 4) is 0 Å². The van der Waals surface area contributed by atoms with Crippen molar-refractivity contribution in [1.82, 2.24) is 10.5 Å². The molecule has 1 aromatic rings. The topological polar surface area (TPSA) is 38.1 Å². The number of aromatic nitrogens is 1. The minimum atomic E-state index is -4.46. The molecule has 2 rings (SSSR count). The molecule has 1 aliphatic rings. The minimum absolute atomic E-state index is 0.203. The Kier molecular flexibility index (Phi) is 2.52. The van der Waals surface area contributed by atoms with Crippen LogP contribution in [0.1, 0.15) is 11.5 Å². The molecule has 0 bridgehead atoms. The molecule has 82 valence electrons. The van der Waals surface area contributed by atoms with Gasteiger partial charge in [0.25, 0.3) is 0 Å². The van der Waals surface area contributed by atoms with E-state index in [1.54, 1.807) is 6.08 Å². The van der Waals surface area contributed by atoms with Crippen LogP contribution in [-0.2, 0) is 6.18 Å². The third-order valence-electron chi connectivity index (χ3n) is 2.16. The lowest BCUT2D eigenvalue weighted by Crippen LogP contribution is -2.40. The van der Waals surface area contributed by atoms with E-state index >= 15 is 0 Å². The molecule has 2 heterocycles. The zero-order valence-electron chi connectivity index (χ0n) is 7.71. The Morgan fingerprint density at radius 2 is 2.20 bits per heavy atom. The van der Waals surface area contributed by atoms with Crippen LogP contribution in [0.2, 0.25) is 0 Å². The Balaban J connectivity index is 2.03. The number of nitrogens with zero attached hydrogens (tertiary/aromatic N) is 1. The molecule has 15 heavy (non-hydrogen) atoms. The fraction of sp³-hybridized carbons (Fsp3) is 0.444. The monoisotopic (exact) mass is 218 g/mol. The van der Waals surface area contributed by atoms with E-state index in [-0.39, 0.29) is 5.69 Å². The number of halogens is 3. The Hall–Kier alpha value is -1.30. The highest BCUT2D eigenvalue weighted by molar-refractivity contribution is 5.45. The lowest BCUT2D eigenvalue weighted by molar-refractivity contribution is -0.155. The summed E-state index contributed by atoms with van der Waals surface area (Å²) in [6, 6.07) is 0.891. The summed E-state index contributed by atoms with van der Waals surface area (Å²) >= 11 is 0. The summed E-state index contributed by atoms with van der Waals surface area (Å²) in [6.45, 7) is 1.72. The van der Waals surface area contributed by atoms with Gasteiger partial charge in [-0.1, -0.05) is 11.2 Å². The molecule has 0 amide bonds. The maximum absolute atomic E-state index is 12.1. The van der Waals surface area contributed by atoms with Crippen molar-refractivity contribution < 1.29 is 17.7 Å². The van der Waals surface area contributed by atoms with Crippen LogP contribution < -0.4 is 5.32 Å². The second kappa shape index (κ2) is 3.69. The first-order chi connectivity index (χ1) is 7.05. The third-order valence-corrected chi connectivity index (χ3v) is 2.16. The Bertz CT molecular complexity index is 366. The molecule has 3 nitrogen and oxygen atoms in total. The fourth-order valence-corrected chi connectivity index (χ4v) is 1.18. The Morgan fingerprint density at radius 3 is 2.67 bits per heavy atom. The zero-order chi connectivity index (χ0) is 10.9. The van der Waals surface area contributed by atoms with Gasteiger partial charge in [0.2, 0.25) is 5.76 Å². The van der Waals surface area contributed by atoms with Crippen LogP contribution in [0.3, 0.4) is 0 Å². The predicted molar refractivity (Wildman–Crippen MR) is 46.9 cm³/mol. The number of alkyl halides is 3. The van der Waals surface area contributed by atoms with Gasteiger partial charge in [-0.15, -0.1) is 0 Å². The van der Waals surface area contributed by atoms with Gasteiger partial charge in [-0.3, -0.25) is 0 Å². The van der Waals surface area contributed by atoms with Crippen LogP contribution in [0.15, 0.2) is 16.7 Å². The molecule has 0 atom stereocenters. The molecule has 1 aliphatic heterocycles. The van der Waals surface area contributed by atoms with Gasteiger partial charge in [0, 0.05) is 25.1 Å². The van der Waals surface area contributed by atoms with E-state index in [9.17, 15) is 13.2 Å². The molecule has 1 saturated heterocycles. The van der Waals surface area contributed by atoms with E-state index in [2.05, 4.69) is 15.0 Å². The molecule has 1 fully saturated rings. The second-order valence-corrected chi connectivity index (χ2v) is 3.39. The van der Waals surface area contributed by atoms with Crippen molar-refractivity contribution >= 4 is 6.08 Å². The SMILES string of the molecule is FC(F)(F)c1cc(C=CC2CNC2)no1. The fourth-order valence-electron chi connectivity index (χ4n) is 1.18. The largest absolute Gasteiger partial charge is 0.452 e. The maximum Gasteiger partial charge on any atom is 0.452 e. The molecule has 0 saturated carbocycles. The molecule has 6 heteroatoms. The van der Waals surface area contributed by atoms with Crippen LogP contribution in [0, 0.1) is 5.92 Å². The smallest absolute Gasteiger partial charge is 0.351 e. The summed E-state index contributed by atoms with van der Waals surface area (Å²) in [6.07, 6.45) is -1.09. The summed E-state index contributed by atoms with van der Waals surface area (Å²) in [5, 5.41) is 6.36. The summed E-state index contributed by atoms with van der Waals surface area (Å²) in [5.74, 6) is -0.676. The number of hydrogen-bond donors (Lipinski definition) is 1. The van der Waals surface area contributed by atoms with E-state index < -0.39 is 11.9 Å². The van der Waals surface area contributed by atoms with Gasteiger partial charge in [-0.25, -0.2) is 0 Å². The summed E-state index contributed by atoms with van der Waals surface area (Å²) in [5.41, 5.74) is 0.203. The van der Waals surface area contributed by atoms with Crippen molar-refractivity contribution in [1.29, 1.82) is 0 Å². The molecule has 1 aromatic heterocycles. The molecule has 0 aromatic carbocycles. The van der Waals surface area contributed by atoms with Gasteiger partial charge in [0.1, 0.15) is 5.69 Å². The molecule has 0 unspecified atom stereocenters. The minimum Gasteiger partial charge on any atom is -0.351 e. The van der Waals surface area contributed by atoms with Crippen molar-refractivity contribution in [2.75, 3.05) is 13.1 Å². The van der Waals surface area contributed by atoms with Crippen molar-refractivity contribution in [2.24, 2.45) is 5.92 Å². The van der Waals surface area contributed by atoms with E-state index in [0.29, 0.717) is 5.92 Å². The first-order valence-electron chi connectivity index (χ1n) is 4.48. The quantitative estimate of drug-likeness (QED) is 0.824. The molecule has 0 radical (unpaired) electrons. The zero-order valence-corrected chi connectivity index (χ0v) is 7.71. The number of hydrogen-bond acceptors (Lipinski definition) is 3. The first-order valence-corrected chi connectivity index (χ1v) is 4.48. The highest BCUT2D eigenvalue weighted by Crippen LogP contribution is 2.29. The van der Waals surface area contributed by atoms with Gasteiger partial charge in [-0.2, -0.15) is 13.2 Å². The van der Waals surface area contributed by atoms with Crippen molar-refractivity contribution in [3.05, 3.63) is 23.6 Å². The predicted octanol–water partition coefficient (Wildman–Crippen LogP) is 1.93. The summed E-state index contributed by atoms with van der Waals surface area (Å²) < 4.78 is 40.5. The molecule has 0 aliphatic carbocycles. The van der Waals surface area contributed by atoms with E-state index in [1.165, 1.54) is 0 Å². The lowest BCUT2D eigenvalue weighted by Gasteiger charge is -2.23. The van der Waals surface area contributed by atoms with Crippen LogP contribution in [0.5, 0.6) is 0 Å². The van der Waals surface area contributed by atoms with E-state index in [0.717, 1.165) is 19.2 Å². The van der Waals surface area contributed by atoms with Gasteiger partial charge >= 0.3 is 6.18 Å². The van der Waals surface area contributed by atoms with Crippen molar-refractivity contribution in [2.45, 2.75) is 6.18 Å². The highest BCUT2D eigenvalue weighted by atomic mass is 19.4. The van der Waals surface area contributed by atoms with Crippen molar-refractivity contribution in [3.63, 3.8) is 0 Å². The van der Waals surface area contributed by atoms with Crippen LogP contribution >= 0.6 is 0 Å². The van der Waals surface area contributed by atoms with Crippen LogP contribution in [-0.4, -0.2) is 18.2 Å².